The van der Waals surface area contributed by atoms with Gasteiger partial charge in [0.15, 0.2) is 0 Å². The van der Waals surface area contributed by atoms with E-state index in [0.29, 0.717) is 43.2 Å². The third-order valence-electron chi connectivity index (χ3n) is 4.81. The van der Waals surface area contributed by atoms with E-state index in [1.807, 2.05) is 20.0 Å². The molecule has 1 N–H and O–H groups in total. The minimum atomic E-state index is -3.53. The summed E-state index contributed by atoms with van der Waals surface area (Å²) in [4.78, 5) is 14.9. The number of piperazine rings is 1. The molecule has 0 saturated carbocycles. The number of nitrogens with zero attached hydrogens (tertiary/aromatic N) is 2. The molecule has 0 unspecified atom stereocenters. The van der Waals surface area contributed by atoms with E-state index < -0.39 is 10.0 Å². The molecular formula is C20H25N3O4S. The number of sulfonamides is 1. The number of amides is 1. The third kappa shape index (κ3) is 4.35. The van der Waals surface area contributed by atoms with Crippen LogP contribution in [-0.2, 0) is 10.0 Å². The Hall–Kier alpha value is -2.42. The molecule has 1 aliphatic rings. The number of hydrogen-bond acceptors (Lipinski definition) is 5. The van der Waals surface area contributed by atoms with E-state index in [1.54, 1.807) is 24.3 Å². The van der Waals surface area contributed by atoms with Gasteiger partial charge in [0.25, 0.3) is 5.91 Å². The Labute approximate surface area is 166 Å². The van der Waals surface area contributed by atoms with Gasteiger partial charge in [0.2, 0.25) is 10.0 Å². The van der Waals surface area contributed by atoms with Gasteiger partial charge in [0.1, 0.15) is 5.75 Å². The molecule has 8 heteroatoms. The summed E-state index contributed by atoms with van der Waals surface area (Å²) in [7, 11) is -0.0350. The topological polar surface area (TPSA) is 78.9 Å². The molecule has 1 fully saturated rings. The fraction of sp³-hybridized carbons (Fsp3) is 0.350. The van der Waals surface area contributed by atoms with E-state index in [2.05, 4.69) is 10.2 Å². The summed E-state index contributed by atoms with van der Waals surface area (Å²) in [5, 5.41) is 2.79. The van der Waals surface area contributed by atoms with E-state index in [-0.39, 0.29) is 10.8 Å². The average molecular weight is 404 g/mol. The van der Waals surface area contributed by atoms with Gasteiger partial charge in [0.05, 0.1) is 17.6 Å². The minimum absolute atomic E-state index is 0.225. The highest BCUT2D eigenvalue weighted by Crippen LogP contribution is 2.23. The fourth-order valence-corrected chi connectivity index (χ4v) is 4.51. The van der Waals surface area contributed by atoms with E-state index >= 15 is 0 Å². The van der Waals surface area contributed by atoms with Gasteiger partial charge >= 0.3 is 0 Å². The number of carbonyl (C=O) groups is 1. The summed E-state index contributed by atoms with van der Waals surface area (Å²) in [6.45, 7) is 4.28. The maximum atomic E-state index is 12.8. The van der Waals surface area contributed by atoms with Crippen LogP contribution in [0.15, 0.2) is 47.4 Å². The normalized spacial score (nSPS) is 16.0. The number of likely N-dealkylation sites (N-methyl/N-ethyl adjacent to an activating group) is 1. The van der Waals surface area contributed by atoms with E-state index in [1.165, 1.54) is 23.5 Å². The molecular weight excluding hydrogens is 378 g/mol. The van der Waals surface area contributed by atoms with E-state index in [4.69, 9.17) is 4.74 Å². The Bertz CT molecular complexity index is 950. The number of methoxy groups -OCH3 is 1. The highest BCUT2D eigenvalue weighted by atomic mass is 32.2. The van der Waals surface area contributed by atoms with Crippen molar-refractivity contribution in [1.82, 2.24) is 9.21 Å². The largest absolute Gasteiger partial charge is 0.496 e. The lowest BCUT2D eigenvalue weighted by atomic mass is 10.1. The standard InChI is InChI=1S/C20H25N3O4S/c1-15-4-9-19(27-3)18(14-15)20(24)21-16-5-7-17(8-6-16)28(25,26)23-12-10-22(2)11-13-23/h4-9,14H,10-13H2,1-3H3,(H,21,24). The average Bonchev–Trinajstić information content (AvgIpc) is 2.68. The number of ether oxygens (including phenoxy) is 1. The van der Waals surface area contributed by atoms with Crippen LogP contribution in [0.5, 0.6) is 5.75 Å². The molecule has 0 spiro atoms. The zero-order chi connectivity index (χ0) is 20.3. The SMILES string of the molecule is COc1ccc(C)cc1C(=O)Nc1ccc(S(=O)(=O)N2CCN(C)CC2)cc1. The van der Waals surface area contributed by atoms with Gasteiger partial charge in [-0.05, 0) is 50.4 Å². The molecule has 2 aromatic rings. The smallest absolute Gasteiger partial charge is 0.259 e. The Morgan fingerprint density at radius 3 is 2.29 bits per heavy atom. The predicted octanol–water partition coefficient (Wildman–Crippen LogP) is 2.19. The van der Waals surface area contributed by atoms with Crippen LogP contribution in [0.25, 0.3) is 0 Å². The summed E-state index contributed by atoms with van der Waals surface area (Å²) in [6.07, 6.45) is 0. The van der Waals surface area contributed by atoms with E-state index in [0.717, 1.165) is 5.56 Å². The number of carbonyl (C=O) groups excluding carboxylic acids is 1. The zero-order valence-corrected chi connectivity index (χ0v) is 17.1. The molecule has 2 aromatic carbocycles. The van der Waals surface area contributed by atoms with Crippen molar-refractivity contribution in [2.75, 3.05) is 45.7 Å². The molecule has 0 aromatic heterocycles. The van der Waals surface area contributed by atoms with E-state index in [9.17, 15) is 13.2 Å². The van der Waals surface area contributed by atoms with Crippen LogP contribution in [-0.4, -0.2) is 63.9 Å². The highest BCUT2D eigenvalue weighted by molar-refractivity contribution is 7.89. The monoisotopic (exact) mass is 403 g/mol. The van der Waals surface area contributed by atoms with Crippen molar-refractivity contribution in [2.45, 2.75) is 11.8 Å². The van der Waals surface area contributed by atoms with Crippen LogP contribution < -0.4 is 10.1 Å². The van der Waals surface area contributed by atoms with Gasteiger partial charge in [-0.3, -0.25) is 4.79 Å². The maximum absolute atomic E-state index is 12.8. The first-order chi connectivity index (χ1) is 13.3. The lowest BCUT2D eigenvalue weighted by molar-refractivity contribution is 0.102. The minimum Gasteiger partial charge on any atom is -0.496 e. The Kier molecular flexibility index (Phi) is 6.02. The summed E-state index contributed by atoms with van der Waals surface area (Å²) < 4.78 is 32.3. The van der Waals surface area contributed by atoms with Crippen molar-refractivity contribution in [3.05, 3.63) is 53.6 Å². The summed E-state index contributed by atoms with van der Waals surface area (Å²) >= 11 is 0. The summed E-state index contributed by atoms with van der Waals surface area (Å²) in [5.41, 5.74) is 1.89. The Morgan fingerprint density at radius 2 is 1.68 bits per heavy atom. The number of anilines is 1. The number of nitrogens with one attached hydrogen (secondary N) is 1. The quantitative estimate of drug-likeness (QED) is 0.828. The summed E-state index contributed by atoms with van der Waals surface area (Å²) in [5.74, 6) is 0.174. The zero-order valence-electron chi connectivity index (χ0n) is 16.3. The Morgan fingerprint density at radius 1 is 1.04 bits per heavy atom. The van der Waals surface area contributed by atoms with Crippen LogP contribution in [0.4, 0.5) is 5.69 Å². The van der Waals surface area contributed by atoms with Crippen LogP contribution >= 0.6 is 0 Å². The second kappa shape index (κ2) is 8.30. The van der Waals surface area contributed by atoms with Crippen molar-refractivity contribution in [3.63, 3.8) is 0 Å². The first-order valence-corrected chi connectivity index (χ1v) is 10.5. The van der Waals surface area contributed by atoms with Crippen molar-refractivity contribution < 1.29 is 17.9 Å². The second-order valence-corrected chi connectivity index (χ2v) is 8.83. The molecule has 3 rings (SSSR count). The molecule has 0 aliphatic carbocycles. The molecule has 0 radical (unpaired) electrons. The molecule has 1 saturated heterocycles. The summed E-state index contributed by atoms with van der Waals surface area (Å²) in [6, 6.07) is 11.6. The van der Waals surface area contributed by atoms with Crippen molar-refractivity contribution in [3.8, 4) is 5.75 Å². The van der Waals surface area contributed by atoms with Crippen molar-refractivity contribution in [1.29, 1.82) is 0 Å². The van der Waals surface area contributed by atoms with Gasteiger partial charge in [-0.1, -0.05) is 11.6 Å². The molecule has 7 nitrogen and oxygen atoms in total. The number of rotatable bonds is 5. The number of aryl methyl sites for hydroxylation is 1. The van der Waals surface area contributed by atoms with Crippen molar-refractivity contribution in [2.24, 2.45) is 0 Å². The molecule has 150 valence electrons. The van der Waals surface area contributed by atoms with Gasteiger partial charge in [-0.25, -0.2) is 8.42 Å². The maximum Gasteiger partial charge on any atom is 0.259 e. The second-order valence-electron chi connectivity index (χ2n) is 6.89. The number of hydrogen-bond donors (Lipinski definition) is 1. The molecule has 0 bridgehead atoms. The lowest BCUT2D eigenvalue weighted by Gasteiger charge is -2.31. The molecule has 1 amide bonds. The van der Waals surface area contributed by atoms with Gasteiger partial charge in [-0.2, -0.15) is 4.31 Å². The third-order valence-corrected chi connectivity index (χ3v) is 6.72. The molecule has 28 heavy (non-hydrogen) atoms. The molecule has 1 aliphatic heterocycles. The lowest BCUT2D eigenvalue weighted by Crippen LogP contribution is -2.46. The number of benzene rings is 2. The van der Waals surface area contributed by atoms with Gasteiger partial charge in [0, 0.05) is 31.9 Å². The first kappa shape index (κ1) is 20.3. The van der Waals surface area contributed by atoms with Crippen LogP contribution in [0.1, 0.15) is 15.9 Å². The Balaban J connectivity index is 1.74. The van der Waals surface area contributed by atoms with Gasteiger partial charge < -0.3 is 15.0 Å². The van der Waals surface area contributed by atoms with Crippen molar-refractivity contribution >= 4 is 21.6 Å². The van der Waals surface area contributed by atoms with Crippen LogP contribution in [0.3, 0.4) is 0 Å². The predicted molar refractivity (Wildman–Crippen MR) is 108 cm³/mol. The molecule has 0 atom stereocenters. The van der Waals surface area contributed by atoms with Gasteiger partial charge in [-0.15, -0.1) is 0 Å². The fourth-order valence-electron chi connectivity index (χ4n) is 3.09. The van der Waals surface area contributed by atoms with Crippen LogP contribution in [0.2, 0.25) is 0 Å². The first-order valence-electron chi connectivity index (χ1n) is 9.06. The molecule has 1 heterocycles. The highest BCUT2D eigenvalue weighted by Gasteiger charge is 2.27. The van der Waals surface area contributed by atoms with Crippen LogP contribution in [0, 0.1) is 6.92 Å².